The number of nitrogens with zero attached hydrogens (tertiary/aromatic N) is 3. The van der Waals surface area contributed by atoms with Gasteiger partial charge in [-0.1, -0.05) is 25.1 Å². The Bertz CT molecular complexity index is 1260. The highest BCUT2D eigenvalue weighted by molar-refractivity contribution is 5.72. The average Bonchev–Trinajstić information content (AvgIpc) is 3.43. The minimum atomic E-state index is -0.830. The van der Waals surface area contributed by atoms with Gasteiger partial charge in [-0.05, 0) is 63.1 Å². The largest absolute Gasteiger partial charge is 0.490 e. The van der Waals surface area contributed by atoms with Crippen molar-refractivity contribution in [2.45, 2.75) is 52.2 Å². The van der Waals surface area contributed by atoms with Crippen LogP contribution in [-0.2, 0) is 17.6 Å². The molecule has 1 heterocycles. The maximum atomic E-state index is 11.2. The third-order valence-electron chi connectivity index (χ3n) is 6.14. The quantitative estimate of drug-likeness (QED) is 0.492. The Hall–Kier alpha value is -3.63. The number of hydrogen-bond acceptors (Lipinski definition) is 6. The first kappa shape index (κ1) is 23.5. The number of ether oxygens (including phenoxy) is 1. The molecule has 0 bridgehead atoms. The lowest BCUT2D eigenvalue weighted by Gasteiger charge is -2.23. The van der Waals surface area contributed by atoms with E-state index in [4.69, 9.17) is 14.1 Å². The number of oxazole rings is 1. The number of aryl methyl sites for hydroxylation is 1. The lowest BCUT2D eigenvalue weighted by molar-refractivity contribution is -0.138. The molecule has 1 N–H and O–H groups in total. The molecule has 176 valence electrons. The molecule has 0 saturated heterocycles. The van der Waals surface area contributed by atoms with Crippen molar-refractivity contribution in [3.8, 4) is 34.5 Å². The van der Waals surface area contributed by atoms with Crippen molar-refractivity contribution in [3.63, 3.8) is 0 Å². The van der Waals surface area contributed by atoms with E-state index >= 15 is 0 Å². The van der Waals surface area contributed by atoms with Crippen LogP contribution < -0.4 is 4.74 Å². The maximum Gasteiger partial charge on any atom is 0.317 e. The van der Waals surface area contributed by atoms with Gasteiger partial charge in [-0.15, -0.1) is 0 Å². The first-order chi connectivity index (χ1) is 16.3. The summed E-state index contributed by atoms with van der Waals surface area (Å²) in [5, 5.41) is 18.8. The van der Waals surface area contributed by atoms with Crippen molar-refractivity contribution in [2.75, 3.05) is 13.6 Å². The first-order valence-corrected chi connectivity index (χ1v) is 11.6. The molecule has 1 atom stereocenters. The Kier molecular flexibility index (Phi) is 6.71. The van der Waals surface area contributed by atoms with Crippen molar-refractivity contribution in [1.82, 2.24) is 9.88 Å². The highest BCUT2D eigenvalue weighted by atomic mass is 16.5. The second-order valence-electron chi connectivity index (χ2n) is 8.87. The predicted molar refractivity (Wildman–Crippen MR) is 129 cm³/mol. The molecular weight excluding hydrogens is 430 g/mol. The minimum absolute atomic E-state index is 0.000394. The van der Waals surface area contributed by atoms with E-state index in [-0.39, 0.29) is 18.7 Å². The normalized spacial score (nSPS) is 14.9. The SMILES string of the molecule is CCc1oc(-c2ccc(OC(C)C)c(C#N)c2)nc1-c1cccc2c1CCC2N(C)CC(=O)O. The monoisotopic (exact) mass is 459 g/mol. The number of carboxylic acids is 1. The number of hydrogen-bond donors (Lipinski definition) is 1. The molecule has 0 saturated carbocycles. The molecule has 1 unspecified atom stereocenters. The zero-order chi connectivity index (χ0) is 24.4. The molecule has 1 aliphatic carbocycles. The van der Waals surface area contributed by atoms with Gasteiger partial charge >= 0.3 is 5.97 Å². The summed E-state index contributed by atoms with van der Waals surface area (Å²) < 4.78 is 11.9. The molecule has 4 rings (SSSR count). The van der Waals surface area contributed by atoms with Crippen LogP contribution in [-0.4, -0.2) is 40.7 Å². The van der Waals surface area contributed by atoms with Crippen LogP contribution in [0.2, 0.25) is 0 Å². The Labute approximate surface area is 199 Å². The smallest absolute Gasteiger partial charge is 0.317 e. The van der Waals surface area contributed by atoms with E-state index in [1.54, 1.807) is 12.1 Å². The summed E-state index contributed by atoms with van der Waals surface area (Å²) in [6.07, 6.45) is 2.36. The van der Waals surface area contributed by atoms with E-state index in [1.807, 2.05) is 44.9 Å². The van der Waals surface area contributed by atoms with Crippen LogP contribution in [0.15, 0.2) is 40.8 Å². The van der Waals surface area contributed by atoms with Gasteiger partial charge in [0.15, 0.2) is 0 Å². The van der Waals surface area contributed by atoms with Crippen molar-refractivity contribution in [2.24, 2.45) is 0 Å². The van der Waals surface area contributed by atoms with Crippen molar-refractivity contribution in [1.29, 1.82) is 5.26 Å². The molecule has 7 heteroatoms. The summed E-state index contributed by atoms with van der Waals surface area (Å²) >= 11 is 0. The van der Waals surface area contributed by atoms with Crippen LogP contribution in [0.3, 0.4) is 0 Å². The molecule has 0 fully saturated rings. The summed E-state index contributed by atoms with van der Waals surface area (Å²) in [5.74, 6) is 0.963. The van der Waals surface area contributed by atoms with E-state index in [2.05, 4.69) is 18.2 Å². The van der Waals surface area contributed by atoms with E-state index in [9.17, 15) is 15.2 Å². The number of carboxylic acid groups (broad SMARTS) is 1. The van der Waals surface area contributed by atoms with Gasteiger partial charge in [-0.2, -0.15) is 5.26 Å². The van der Waals surface area contributed by atoms with Crippen LogP contribution in [0.4, 0.5) is 0 Å². The fourth-order valence-electron chi connectivity index (χ4n) is 4.67. The second-order valence-corrected chi connectivity index (χ2v) is 8.87. The zero-order valence-corrected chi connectivity index (χ0v) is 20.0. The number of rotatable bonds is 8. The van der Waals surface area contributed by atoms with Crippen LogP contribution in [0.5, 0.6) is 5.75 Å². The van der Waals surface area contributed by atoms with Gasteiger partial charge in [0.1, 0.15) is 23.3 Å². The van der Waals surface area contributed by atoms with E-state index in [0.29, 0.717) is 23.6 Å². The lowest BCUT2D eigenvalue weighted by Crippen LogP contribution is -2.28. The molecule has 7 nitrogen and oxygen atoms in total. The standard InChI is InChI=1S/C27H29N3O4/c1-5-23-26(21-8-6-7-20-19(21)10-11-22(20)30(4)15-25(31)32)29-27(34-23)17-9-12-24(33-16(2)3)18(13-17)14-28/h6-9,12-13,16,22H,5,10-11,15H2,1-4H3,(H,31,32). The third kappa shape index (κ3) is 4.55. The summed E-state index contributed by atoms with van der Waals surface area (Å²) in [5.41, 5.74) is 5.33. The van der Waals surface area contributed by atoms with E-state index in [1.165, 1.54) is 5.56 Å². The average molecular weight is 460 g/mol. The number of fused-ring (bicyclic) bond motifs is 1. The molecule has 34 heavy (non-hydrogen) atoms. The Morgan fingerprint density at radius 3 is 2.82 bits per heavy atom. The summed E-state index contributed by atoms with van der Waals surface area (Å²) in [7, 11) is 1.85. The Balaban J connectivity index is 1.72. The molecule has 0 aliphatic heterocycles. The number of carbonyl (C=O) groups is 1. The van der Waals surface area contributed by atoms with Crippen LogP contribution in [0.1, 0.15) is 55.7 Å². The topological polar surface area (TPSA) is 99.6 Å². The maximum absolute atomic E-state index is 11.2. The van der Waals surface area contributed by atoms with Gasteiger partial charge in [0, 0.05) is 23.6 Å². The van der Waals surface area contributed by atoms with Gasteiger partial charge in [-0.25, -0.2) is 4.98 Å². The van der Waals surface area contributed by atoms with Gasteiger partial charge in [0.25, 0.3) is 0 Å². The fourth-order valence-corrected chi connectivity index (χ4v) is 4.67. The van der Waals surface area contributed by atoms with Gasteiger partial charge in [-0.3, -0.25) is 9.69 Å². The number of aliphatic carboxylic acids is 1. The zero-order valence-electron chi connectivity index (χ0n) is 20.0. The molecule has 1 aliphatic rings. The summed E-state index contributed by atoms with van der Waals surface area (Å²) in [4.78, 5) is 18.0. The van der Waals surface area contributed by atoms with Gasteiger partial charge in [0.2, 0.25) is 5.89 Å². The summed E-state index contributed by atoms with van der Waals surface area (Å²) in [6, 6.07) is 13.8. The molecular formula is C27H29N3O4. The van der Waals surface area contributed by atoms with Crippen molar-refractivity contribution in [3.05, 3.63) is 58.8 Å². The van der Waals surface area contributed by atoms with E-state index in [0.717, 1.165) is 41.0 Å². The number of nitriles is 1. The first-order valence-electron chi connectivity index (χ1n) is 11.6. The molecule has 0 amide bonds. The highest BCUT2D eigenvalue weighted by Gasteiger charge is 2.30. The Morgan fingerprint density at radius 2 is 2.15 bits per heavy atom. The number of likely N-dealkylation sites (N-methyl/N-ethyl adjacent to an activating group) is 1. The fraction of sp³-hybridized carbons (Fsp3) is 0.370. The lowest BCUT2D eigenvalue weighted by atomic mass is 9.98. The predicted octanol–water partition coefficient (Wildman–Crippen LogP) is 5.23. The minimum Gasteiger partial charge on any atom is -0.490 e. The van der Waals surface area contributed by atoms with Crippen LogP contribution in [0.25, 0.3) is 22.7 Å². The third-order valence-corrected chi connectivity index (χ3v) is 6.14. The second kappa shape index (κ2) is 9.70. The summed E-state index contributed by atoms with van der Waals surface area (Å²) in [6.45, 7) is 5.87. The van der Waals surface area contributed by atoms with Crippen LogP contribution in [0, 0.1) is 11.3 Å². The molecule has 0 spiro atoms. The van der Waals surface area contributed by atoms with Gasteiger partial charge < -0.3 is 14.3 Å². The van der Waals surface area contributed by atoms with Gasteiger partial charge in [0.05, 0.1) is 18.2 Å². The van der Waals surface area contributed by atoms with Crippen molar-refractivity contribution < 1.29 is 19.1 Å². The number of aromatic nitrogens is 1. The van der Waals surface area contributed by atoms with Crippen molar-refractivity contribution >= 4 is 5.97 Å². The molecule has 3 aromatic rings. The van der Waals surface area contributed by atoms with E-state index < -0.39 is 5.97 Å². The molecule has 1 aromatic heterocycles. The molecule has 0 radical (unpaired) electrons. The highest BCUT2D eigenvalue weighted by Crippen LogP contribution is 2.41. The number of benzene rings is 2. The Morgan fingerprint density at radius 1 is 1.35 bits per heavy atom. The van der Waals surface area contributed by atoms with Crippen LogP contribution >= 0.6 is 0 Å². The molecule has 2 aromatic carbocycles.